The van der Waals surface area contributed by atoms with E-state index in [2.05, 4.69) is 21.3 Å². The summed E-state index contributed by atoms with van der Waals surface area (Å²) in [6.45, 7) is 1.15. The Morgan fingerprint density at radius 1 is 1.14 bits per heavy atom. The standard InChI is InChI=1S/C23H19FN4O/c24-17-6-7-18-19(13-25-21(18)12-17)15-8-10-28(11-9-15)23(29)20-14-26-27-22(20)16-4-2-1-3-5-16/h1-8,12-14,25H,9-11H2,(H,26,27). The highest BCUT2D eigenvalue weighted by Gasteiger charge is 2.24. The molecule has 0 saturated heterocycles. The summed E-state index contributed by atoms with van der Waals surface area (Å²) in [5.74, 6) is -0.288. The van der Waals surface area contributed by atoms with Gasteiger partial charge >= 0.3 is 0 Å². The van der Waals surface area contributed by atoms with Crippen molar-refractivity contribution < 1.29 is 9.18 Å². The van der Waals surface area contributed by atoms with E-state index in [1.807, 2.05) is 41.4 Å². The number of fused-ring (bicyclic) bond motifs is 1. The van der Waals surface area contributed by atoms with Crippen LogP contribution in [-0.2, 0) is 0 Å². The van der Waals surface area contributed by atoms with Crippen LogP contribution < -0.4 is 0 Å². The number of H-pyrrole nitrogens is 2. The highest BCUT2D eigenvalue weighted by Crippen LogP contribution is 2.30. The van der Waals surface area contributed by atoms with Crippen LogP contribution >= 0.6 is 0 Å². The number of nitrogens with one attached hydrogen (secondary N) is 2. The van der Waals surface area contributed by atoms with E-state index in [9.17, 15) is 9.18 Å². The third kappa shape index (κ3) is 3.12. The predicted molar refractivity (Wildman–Crippen MR) is 111 cm³/mol. The Hall–Kier alpha value is -3.67. The smallest absolute Gasteiger partial charge is 0.257 e. The SMILES string of the molecule is O=C(c1cn[nH]c1-c1ccccc1)N1CC=C(c2c[nH]c3cc(F)ccc23)CC1. The molecule has 29 heavy (non-hydrogen) atoms. The van der Waals surface area contributed by atoms with Crippen LogP contribution in [0.15, 0.2) is 67.0 Å². The number of carbonyl (C=O) groups excluding carboxylic acids is 1. The summed E-state index contributed by atoms with van der Waals surface area (Å²) in [4.78, 5) is 18.1. The molecule has 6 heteroatoms. The minimum absolute atomic E-state index is 0.0334. The lowest BCUT2D eigenvalue weighted by Gasteiger charge is -2.26. The summed E-state index contributed by atoms with van der Waals surface area (Å²) in [6, 6.07) is 14.5. The molecule has 2 N–H and O–H groups in total. The van der Waals surface area contributed by atoms with Crippen LogP contribution in [0.4, 0.5) is 4.39 Å². The van der Waals surface area contributed by atoms with Crippen molar-refractivity contribution in [3.05, 3.63) is 83.9 Å². The third-order valence-electron chi connectivity index (χ3n) is 5.42. The number of benzene rings is 2. The molecule has 3 heterocycles. The molecule has 0 spiro atoms. The fraction of sp³-hybridized carbons (Fsp3) is 0.130. The van der Waals surface area contributed by atoms with Crippen molar-refractivity contribution in [2.75, 3.05) is 13.1 Å². The molecule has 0 unspecified atom stereocenters. The molecule has 144 valence electrons. The van der Waals surface area contributed by atoms with Crippen LogP contribution in [0.25, 0.3) is 27.7 Å². The zero-order chi connectivity index (χ0) is 19.8. The molecule has 0 fully saturated rings. The van der Waals surface area contributed by atoms with Gasteiger partial charge in [0.05, 0.1) is 17.5 Å². The van der Waals surface area contributed by atoms with Gasteiger partial charge in [0.1, 0.15) is 5.82 Å². The van der Waals surface area contributed by atoms with Gasteiger partial charge in [-0.15, -0.1) is 0 Å². The van der Waals surface area contributed by atoms with E-state index in [0.717, 1.165) is 34.1 Å². The second-order valence-corrected chi connectivity index (χ2v) is 7.15. The van der Waals surface area contributed by atoms with E-state index in [0.29, 0.717) is 18.7 Å². The maximum Gasteiger partial charge on any atom is 0.257 e. The van der Waals surface area contributed by atoms with Gasteiger partial charge in [0.2, 0.25) is 0 Å². The summed E-state index contributed by atoms with van der Waals surface area (Å²) in [5, 5.41) is 8.04. The second-order valence-electron chi connectivity index (χ2n) is 7.15. The first kappa shape index (κ1) is 17.4. The van der Waals surface area contributed by atoms with E-state index in [-0.39, 0.29) is 11.7 Å². The number of rotatable bonds is 3. The van der Waals surface area contributed by atoms with Gasteiger partial charge < -0.3 is 9.88 Å². The highest BCUT2D eigenvalue weighted by atomic mass is 19.1. The van der Waals surface area contributed by atoms with Gasteiger partial charge in [-0.1, -0.05) is 36.4 Å². The Kier molecular flexibility index (Phi) is 4.24. The minimum atomic E-state index is -0.255. The molecule has 0 atom stereocenters. The number of hydrogen-bond acceptors (Lipinski definition) is 2. The van der Waals surface area contributed by atoms with Gasteiger partial charge in [-0.2, -0.15) is 5.10 Å². The molecule has 0 aliphatic carbocycles. The first-order valence-corrected chi connectivity index (χ1v) is 9.55. The fourth-order valence-corrected chi connectivity index (χ4v) is 3.91. The number of hydrogen-bond donors (Lipinski definition) is 2. The molecule has 5 nitrogen and oxygen atoms in total. The van der Waals surface area contributed by atoms with Gasteiger partial charge in [-0.05, 0) is 30.2 Å². The van der Waals surface area contributed by atoms with Gasteiger partial charge in [0.25, 0.3) is 5.91 Å². The van der Waals surface area contributed by atoms with Gasteiger partial charge in [0, 0.05) is 41.3 Å². The summed E-state index contributed by atoms with van der Waals surface area (Å²) in [7, 11) is 0. The average molecular weight is 386 g/mol. The van der Waals surface area contributed by atoms with Crippen LogP contribution in [0.3, 0.4) is 0 Å². The van der Waals surface area contributed by atoms with Crippen molar-refractivity contribution in [2.45, 2.75) is 6.42 Å². The van der Waals surface area contributed by atoms with Crippen molar-refractivity contribution in [1.29, 1.82) is 0 Å². The summed E-state index contributed by atoms with van der Waals surface area (Å²) in [5.41, 5.74) is 5.28. The first-order valence-electron chi connectivity index (χ1n) is 9.55. The average Bonchev–Trinajstić information content (AvgIpc) is 3.41. The quantitative estimate of drug-likeness (QED) is 0.539. The molecule has 0 radical (unpaired) electrons. The number of halogens is 1. The van der Waals surface area contributed by atoms with Crippen molar-refractivity contribution in [2.24, 2.45) is 0 Å². The van der Waals surface area contributed by atoms with Gasteiger partial charge in [-0.25, -0.2) is 4.39 Å². The summed E-state index contributed by atoms with van der Waals surface area (Å²) >= 11 is 0. The molecule has 1 aliphatic rings. The Morgan fingerprint density at radius 3 is 2.79 bits per heavy atom. The van der Waals surface area contributed by atoms with E-state index in [1.165, 1.54) is 17.7 Å². The molecule has 4 aromatic rings. The molecule has 1 amide bonds. The van der Waals surface area contributed by atoms with E-state index < -0.39 is 0 Å². The Labute approximate surface area is 166 Å². The van der Waals surface area contributed by atoms with Crippen LogP contribution in [0, 0.1) is 5.82 Å². The predicted octanol–water partition coefficient (Wildman–Crippen LogP) is 4.63. The highest BCUT2D eigenvalue weighted by molar-refractivity contribution is 6.00. The lowest BCUT2D eigenvalue weighted by molar-refractivity contribution is 0.0773. The van der Waals surface area contributed by atoms with E-state index in [4.69, 9.17) is 0 Å². The van der Waals surface area contributed by atoms with Gasteiger partial charge in [-0.3, -0.25) is 9.89 Å². The number of nitrogens with zero attached hydrogens (tertiary/aromatic N) is 2. The Balaban J connectivity index is 1.38. The number of aromatic amines is 2. The van der Waals surface area contributed by atoms with Crippen molar-refractivity contribution in [1.82, 2.24) is 20.1 Å². The summed E-state index contributed by atoms with van der Waals surface area (Å²) in [6.07, 6.45) is 6.33. The van der Waals surface area contributed by atoms with Crippen molar-refractivity contribution in [3.8, 4) is 11.3 Å². The van der Waals surface area contributed by atoms with Crippen LogP contribution in [-0.4, -0.2) is 39.1 Å². The molecule has 2 aromatic heterocycles. The molecular weight excluding hydrogens is 367 g/mol. The lowest BCUT2D eigenvalue weighted by atomic mass is 9.98. The maximum atomic E-state index is 13.4. The Morgan fingerprint density at radius 2 is 2.00 bits per heavy atom. The molecule has 1 aliphatic heterocycles. The summed E-state index contributed by atoms with van der Waals surface area (Å²) < 4.78 is 13.4. The molecule has 0 saturated carbocycles. The molecule has 0 bridgehead atoms. The third-order valence-corrected chi connectivity index (χ3v) is 5.42. The molecular formula is C23H19FN4O. The lowest BCUT2D eigenvalue weighted by Crippen LogP contribution is -2.34. The van der Waals surface area contributed by atoms with Crippen LogP contribution in [0.2, 0.25) is 0 Å². The van der Waals surface area contributed by atoms with Gasteiger partial charge in [0.15, 0.2) is 0 Å². The van der Waals surface area contributed by atoms with Crippen molar-refractivity contribution in [3.63, 3.8) is 0 Å². The maximum absolute atomic E-state index is 13.4. The zero-order valence-corrected chi connectivity index (χ0v) is 15.7. The topological polar surface area (TPSA) is 64.8 Å². The zero-order valence-electron chi connectivity index (χ0n) is 15.7. The van der Waals surface area contributed by atoms with Crippen molar-refractivity contribution >= 4 is 22.4 Å². The van der Waals surface area contributed by atoms with Crippen LogP contribution in [0.5, 0.6) is 0 Å². The monoisotopic (exact) mass is 386 g/mol. The first-order chi connectivity index (χ1) is 14.2. The van der Waals surface area contributed by atoms with E-state index >= 15 is 0 Å². The fourth-order valence-electron chi connectivity index (χ4n) is 3.91. The van der Waals surface area contributed by atoms with Crippen LogP contribution in [0.1, 0.15) is 22.3 Å². The number of amides is 1. The normalized spacial score (nSPS) is 14.2. The number of aromatic nitrogens is 3. The molecule has 2 aromatic carbocycles. The second kappa shape index (κ2) is 7.05. The largest absolute Gasteiger partial charge is 0.360 e. The Bertz CT molecular complexity index is 1220. The minimum Gasteiger partial charge on any atom is -0.360 e. The number of carbonyl (C=O) groups is 1. The molecule has 5 rings (SSSR count). The van der Waals surface area contributed by atoms with E-state index in [1.54, 1.807) is 12.3 Å².